The normalized spacial score (nSPS) is 19.9. The smallest absolute Gasteiger partial charge is 0.307 e. The standard InChI is InChI=1S/C27H33FN4O4/c1-3-19(27(34)35)21-5-4-11-32-25(21)29-16(2)20(26(32)33)10-14-31-12-8-17(9-13-31)24-22-7-6-18(28)15-23(22)36-30-24/h6-7,15,17,19,21H,3-5,8-14H2,1-2H3,(H,34,35). The van der Waals surface area contributed by atoms with Gasteiger partial charge in [0.15, 0.2) is 5.58 Å². The van der Waals surface area contributed by atoms with Crippen molar-refractivity contribution >= 4 is 16.9 Å². The molecule has 2 aliphatic heterocycles. The Labute approximate surface area is 209 Å². The lowest BCUT2D eigenvalue weighted by molar-refractivity contribution is -0.143. The molecule has 3 aromatic rings. The van der Waals surface area contributed by atoms with E-state index in [1.165, 1.54) is 12.1 Å². The highest BCUT2D eigenvalue weighted by molar-refractivity contribution is 5.79. The number of carboxylic acids is 1. The van der Waals surface area contributed by atoms with Crippen molar-refractivity contribution in [3.05, 3.63) is 57.1 Å². The van der Waals surface area contributed by atoms with Crippen molar-refractivity contribution in [2.75, 3.05) is 19.6 Å². The summed E-state index contributed by atoms with van der Waals surface area (Å²) >= 11 is 0. The molecule has 0 spiro atoms. The fraction of sp³-hybridized carbons (Fsp3) is 0.556. The van der Waals surface area contributed by atoms with Crippen LogP contribution in [0.1, 0.15) is 73.6 Å². The van der Waals surface area contributed by atoms with Crippen LogP contribution in [0.5, 0.6) is 0 Å². The van der Waals surface area contributed by atoms with Crippen molar-refractivity contribution in [1.82, 2.24) is 19.6 Å². The molecule has 0 amide bonds. The highest BCUT2D eigenvalue weighted by Gasteiger charge is 2.34. The summed E-state index contributed by atoms with van der Waals surface area (Å²) in [5.41, 5.74) is 2.82. The first-order chi connectivity index (χ1) is 17.4. The van der Waals surface area contributed by atoms with E-state index in [0.29, 0.717) is 30.8 Å². The molecule has 1 fully saturated rings. The molecule has 1 N–H and O–H groups in total. The number of hydrogen-bond acceptors (Lipinski definition) is 6. The van der Waals surface area contributed by atoms with Gasteiger partial charge in [0.1, 0.15) is 11.6 Å². The molecule has 36 heavy (non-hydrogen) atoms. The molecule has 0 bridgehead atoms. The van der Waals surface area contributed by atoms with Gasteiger partial charge in [-0.1, -0.05) is 12.1 Å². The number of hydrogen-bond donors (Lipinski definition) is 1. The summed E-state index contributed by atoms with van der Waals surface area (Å²) in [6, 6.07) is 4.56. The number of aryl methyl sites for hydroxylation is 1. The second-order valence-electron chi connectivity index (χ2n) is 10.2. The lowest BCUT2D eigenvalue weighted by Crippen LogP contribution is -2.39. The van der Waals surface area contributed by atoms with Crippen LogP contribution in [-0.2, 0) is 17.8 Å². The van der Waals surface area contributed by atoms with E-state index in [1.54, 1.807) is 10.6 Å². The number of piperidine rings is 1. The Morgan fingerprint density at radius 2 is 2.03 bits per heavy atom. The third kappa shape index (κ3) is 4.56. The van der Waals surface area contributed by atoms with Crippen molar-refractivity contribution in [1.29, 1.82) is 0 Å². The molecule has 2 unspecified atom stereocenters. The molecule has 0 saturated carbocycles. The van der Waals surface area contributed by atoms with Gasteiger partial charge in [-0.05, 0) is 70.7 Å². The molecular weight excluding hydrogens is 463 g/mol. The average Bonchev–Trinajstić information content (AvgIpc) is 3.28. The fourth-order valence-corrected chi connectivity index (χ4v) is 6.04. The van der Waals surface area contributed by atoms with Gasteiger partial charge in [-0.25, -0.2) is 9.37 Å². The number of rotatable bonds is 7. The van der Waals surface area contributed by atoms with E-state index in [0.717, 1.165) is 67.7 Å². The number of likely N-dealkylation sites (tertiary alicyclic amines) is 1. The van der Waals surface area contributed by atoms with Gasteiger partial charge >= 0.3 is 5.97 Å². The molecule has 9 heteroatoms. The molecular formula is C27H33FN4O4. The van der Waals surface area contributed by atoms with E-state index < -0.39 is 11.9 Å². The minimum Gasteiger partial charge on any atom is -0.481 e. The van der Waals surface area contributed by atoms with Crippen molar-refractivity contribution < 1.29 is 18.8 Å². The summed E-state index contributed by atoms with van der Waals surface area (Å²) in [5.74, 6) is -0.974. The molecule has 5 rings (SSSR count). The summed E-state index contributed by atoms with van der Waals surface area (Å²) < 4.78 is 20.5. The first kappa shape index (κ1) is 24.6. The van der Waals surface area contributed by atoms with Crippen molar-refractivity contribution in [3.8, 4) is 0 Å². The van der Waals surface area contributed by atoms with E-state index in [4.69, 9.17) is 9.51 Å². The molecule has 8 nitrogen and oxygen atoms in total. The van der Waals surface area contributed by atoms with E-state index in [2.05, 4.69) is 10.1 Å². The van der Waals surface area contributed by atoms with Gasteiger partial charge in [0.05, 0.1) is 11.6 Å². The lowest BCUT2D eigenvalue weighted by Gasteiger charge is -2.32. The summed E-state index contributed by atoms with van der Waals surface area (Å²) in [6.45, 7) is 6.89. The summed E-state index contributed by atoms with van der Waals surface area (Å²) in [7, 11) is 0. The SMILES string of the molecule is CCC(C(=O)O)C1CCCn2c1nc(C)c(CCN1CCC(c3noc4cc(F)ccc34)CC1)c2=O. The van der Waals surface area contributed by atoms with Gasteiger partial charge < -0.3 is 14.5 Å². The fourth-order valence-electron chi connectivity index (χ4n) is 6.04. The third-order valence-corrected chi connectivity index (χ3v) is 8.08. The molecule has 1 aromatic carbocycles. The summed E-state index contributed by atoms with van der Waals surface area (Å²) in [4.78, 5) is 32.3. The van der Waals surface area contributed by atoms with E-state index in [-0.39, 0.29) is 23.2 Å². The zero-order chi connectivity index (χ0) is 25.4. The Morgan fingerprint density at radius 3 is 2.75 bits per heavy atom. The Bertz CT molecular complexity index is 1330. The van der Waals surface area contributed by atoms with Crippen molar-refractivity contribution in [3.63, 3.8) is 0 Å². The van der Waals surface area contributed by atoms with E-state index in [9.17, 15) is 19.1 Å². The quantitative estimate of drug-likeness (QED) is 0.522. The molecule has 1 saturated heterocycles. The first-order valence-corrected chi connectivity index (χ1v) is 13.0. The van der Waals surface area contributed by atoms with Gasteiger partial charge in [-0.2, -0.15) is 0 Å². The Balaban J connectivity index is 1.26. The molecule has 2 aromatic heterocycles. The summed E-state index contributed by atoms with van der Waals surface area (Å²) in [6.07, 6.45) is 4.54. The predicted octanol–water partition coefficient (Wildman–Crippen LogP) is 4.24. The second kappa shape index (κ2) is 10.1. The van der Waals surface area contributed by atoms with Gasteiger partial charge in [-0.3, -0.25) is 14.2 Å². The van der Waals surface area contributed by atoms with Gasteiger partial charge in [0.25, 0.3) is 5.56 Å². The minimum absolute atomic E-state index is 0.0152. The topological polar surface area (TPSA) is 101 Å². The van der Waals surface area contributed by atoms with Crippen LogP contribution in [0.15, 0.2) is 27.5 Å². The molecule has 2 aliphatic rings. The van der Waals surface area contributed by atoms with Gasteiger partial charge in [0, 0.05) is 47.6 Å². The molecule has 2 atom stereocenters. The Hall–Kier alpha value is -3.07. The van der Waals surface area contributed by atoms with Crippen molar-refractivity contribution in [2.24, 2.45) is 5.92 Å². The summed E-state index contributed by atoms with van der Waals surface area (Å²) in [5, 5.41) is 14.8. The van der Waals surface area contributed by atoms with Crippen LogP contribution in [0.25, 0.3) is 11.0 Å². The first-order valence-electron chi connectivity index (χ1n) is 13.0. The maximum atomic E-state index is 13.5. The highest BCUT2D eigenvalue weighted by Crippen LogP contribution is 2.35. The number of carbonyl (C=O) groups is 1. The number of halogens is 1. The van der Waals surface area contributed by atoms with Crippen LogP contribution >= 0.6 is 0 Å². The number of benzene rings is 1. The number of nitrogens with zero attached hydrogens (tertiary/aromatic N) is 4. The number of aromatic nitrogens is 3. The van der Waals surface area contributed by atoms with E-state index >= 15 is 0 Å². The Morgan fingerprint density at radius 1 is 1.25 bits per heavy atom. The van der Waals surface area contributed by atoms with Crippen LogP contribution in [0.2, 0.25) is 0 Å². The second-order valence-corrected chi connectivity index (χ2v) is 10.2. The molecule has 4 heterocycles. The Kier molecular flexibility index (Phi) is 6.92. The molecule has 0 radical (unpaired) electrons. The van der Waals surface area contributed by atoms with Crippen LogP contribution < -0.4 is 5.56 Å². The zero-order valence-corrected chi connectivity index (χ0v) is 20.9. The molecule has 0 aliphatic carbocycles. The average molecular weight is 497 g/mol. The lowest BCUT2D eigenvalue weighted by atomic mass is 9.83. The zero-order valence-electron chi connectivity index (χ0n) is 20.9. The third-order valence-electron chi connectivity index (χ3n) is 8.08. The molecule has 192 valence electrons. The van der Waals surface area contributed by atoms with Crippen LogP contribution in [0, 0.1) is 18.7 Å². The van der Waals surface area contributed by atoms with Gasteiger partial charge in [-0.15, -0.1) is 0 Å². The number of fused-ring (bicyclic) bond motifs is 2. The van der Waals surface area contributed by atoms with Crippen molar-refractivity contribution in [2.45, 2.75) is 70.8 Å². The largest absolute Gasteiger partial charge is 0.481 e. The monoisotopic (exact) mass is 496 g/mol. The van der Waals surface area contributed by atoms with Crippen LogP contribution in [-0.4, -0.2) is 50.3 Å². The maximum absolute atomic E-state index is 13.5. The van der Waals surface area contributed by atoms with Crippen LogP contribution in [0.3, 0.4) is 0 Å². The van der Waals surface area contributed by atoms with Crippen LogP contribution in [0.4, 0.5) is 4.39 Å². The number of carboxylic acid groups (broad SMARTS) is 1. The van der Waals surface area contributed by atoms with Gasteiger partial charge in [0.2, 0.25) is 0 Å². The maximum Gasteiger partial charge on any atom is 0.307 e. The predicted molar refractivity (Wildman–Crippen MR) is 133 cm³/mol. The minimum atomic E-state index is -0.818. The number of aliphatic carboxylic acids is 1. The van der Waals surface area contributed by atoms with E-state index in [1.807, 2.05) is 13.8 Å². The highest BCUT2D eigenvalue weighted by atomic mass is 19.1.